The summed E-state index contributed by atoms with van der Waals surface area (Å²) in [5, 5.41) is 16.0. The molecule has 3 heterocycles. The summed E-state index contributed by atoms with van der Waals surface area (Å²) in [6, 6.07) is 15.8. The van der Waals surface area contributed by atoms with Crippen molar-refractivity contribution >= 4 is 46.8 Å². The van der Waals surface area contributed by atoms with Crippen LogP contribution in [0.25, 0.3) is 6.08 Å². The minimum absolute atomic E-state index is 0.159. The zero-order chi connectivity index (χ0) is 30.5. The van der Waals surface area contributed by atoms with Crippen LogP contribution in [0, 0.1) is 17.6 Å². The molecule has 0 bridgehead atoms. The van der Waals surface area contributed by atoms with Gasteiger partial charge >= 0.3 is 0 Å². The van der Waals surface area contributed by atoms with E-state index in [2.05, 4.69) is 10.3 Å². The lowest BCUT2D eigenvalue weighted by atomic mass is 9.77. The standard InChI is InChI=1S/C32H25ClF2N6O3/c33-21-8-14-24(15-9-21)40-31(43)28-30(32(40)44)39(38-36-28)17-26(42)41-29(19-6-12-23(35)13-7-19)25-3-1-2-20(27(25)37-41)16-18-4-10-22(34)11-5-18/h4-16,25,28-30H,1-3,17H2/b20-16-/t25-,28+,29-,30+/m0/s1. The van der Waals surface area contributed by atoms with E-state index in [9.17, 15) is 23.2 Å². The predicted octanol–water partition coefficient (Wildman–Crippen LogP) is 5.73. The average molecular weight is 615 g/mol. The van der Waals surface area contributed by atoms with E-state index in [1.807, 2.05) is 6.08 Å². The smallest absolute Gasteiger partial charge is 0.264 e. The summed E-state index contributed by atoms with van der Waals surface area (Å²) in [5.74, 6) is -2.42. The molecule has 1 aliphatic carbocycles. The molecule has 0 aromatic heterocycles. The molecule has 0 radical (unpaired) electrons. The second-order valence-corrected chi connectivity index (χ2v) is 11.6. The minimum atomic E-state index is -1.07. The van der Waals surface area contributed by atoms with Crippen molar-refractivity contribution in [3.8, 4) is 0 Å². The number of allylic oxidation sites excluding steroid dienone is 1. The Balaban J connectivity index is 1.18. The fraction of sp³-hybridized carbons (Fsp3) is 0.250. The quantitative estimate of drug-likeness (QED) is 0.343. The molecule has 1 saturated carbocycles. The van der Waals surface area contributed by atoms with Gasteiger partial charge in [0.05, 0.1) is 17.4 Å². The fourth-order valence-corrected chi connectivity index (χ4v) is 6.50. The number of imide groups is 1. The molecule has 2 fully saturated rings. The molecule has 7 rings (SSSR count). The topological polar surface area (TPSA) is 98.0 Å². The number of carbonyl (C=O) groups is 3. The lowest BCUT2D eigenvalue weighted by Gasteiger charge is -2.30. The predicted molar refractivity (Wildman–Crippen MR) is 158 cm³/mol. The first kappa shape index (κ1) is 28.0. The van der Waals surface area contributed by atoms with Crippen molar-refractivity contribution in [2.24, 2.45) is 21.4 Å². The van der Waals surface area contributed by atoms with Crippen molar-refractivity contribution in [3.63, 3.8) is 0 Å². The maximum Gasteiger partial charge on any atom is 0.264 e. The number of hydrazone groups is 1. The first-order valence-corrected chi connectivity index (χ1v) is 14.6. The van der Waals surface area contributed by atoms with E-state index in [0.29, 0.717) is 16.3 Å². The number of benzene rings is 3. The van der Waals surface area contributed by atoms with Crippen molar-refractivity contribution in [1.29, 1.82) is 0 Å². The molecule has 0 unspecified atom stereocenters. The molecular weight excluding hydrogens is 590 g/mol. The molecule has 3 aromatic carbocycles. The Hall–Kier alpha value is -4.77. The molecule has 3 aromatic rings. The van der Waals surface area contributed by atoms with E-state index in [1.54, 1.807) is 48.5 Å². The zero-order valence-electron chi connectivity index (χ0n) is 23.2. The molecule has 0 N–H and O–H groups in total. The van der Waals surface area contributed by atoms with Crippen LogP contribution in [0.3, 0.4) is 0 Å². The number of halogens is 3. The first-order chi connectivity index (χ1) is 21.3. The summed E-state index contributed by atoms with van der Waals surface area (Å²) in [6.07, 6.45) is 4.28. The molecule has 9 nitrogen and oxygen atoms in total. The van der Waals surface area contributed by atoms with Crippen LogP contribution in [0.5, 0.6) is 0 Å². The number of amides is 3. The van der Waals surface area contributed by atoms with Crippen LogP contribution < -0.4 is 4.90 Å². The molecule has 3 aliphatic heterocycles. The van der Waals surface area contributed by atoms with Crippen molar-refractivity contribution in [2.75, 3.05) is 11.4 Å². The van der Waals surface area contributed by atoms with Crippen LogP contribution in [-0.2, 0) is 14.4 Å². The Morgan fingerprint density at radius 3 is 2.30 bits per heavy atom. The molecule has 222 valence electrons. The molecule has 3 amide bonds. The summed E-state index contributed by atoms with van der Waals surface area (Å²) in [6.45, 7) is -0.351. The van der Waals surface area contributed by atoms with Gasteiger partial charge in [-0.1, -0.05) is 41.1 Å². The monoisotopic (exact) mass is 614 g/mol. The van der Waals surface area contributed by atoms with Crippen LogP contribution in [0.15, 0.2) is 93.8 Å². The number of rotatable bonds is 5. The van der Waals surface area contributed by atoms with Gasteiger partial charge in [0.1, 0.15) is 18.2 Å². The van der Waals surface area contributed by atoms with E-state index < -0.39 is 41.7 Å². The Morgan fingerprint density at radius 1 is 0.909 bits per heavy atom. The summed E-state index contributed by atoms with van der Waals surface area (Å²) < 4.78 is 27.4. The highest BCUT2D eigenvalue weighted by Crippen LogP contribution is 2.45. The lowest BCUT2D eigenvalue weighted by molar-refractivity contribution is -0.136. The normalized spacial score (nSPS) is 25.1. The van der Waals surface area contributed by atoms with E-state index in [0.717, 1.165) is 41.0 Å². The zero-order valence-corrected chi connectivity index (χ0v) is 23.9. The van der Waals surface area contributed by atoms with Crippen LogP contribution >= 0.6 is 11.6 Å². The summed E-state index contributed by atoms with van der Waals surface area (Å²) in [5.41, 5.74) is 3.56. The van der Waals surface area contributed by atoms with Crippen molar-refractivity contribution in [1.82, 2.24) is 10.0 Å². The Morgan fingerprint density at radius 2 is 1.59 bits per heavy atom. The molecule has 44 heavy (non-hydrogen) atoms. The third kappa shape index (κ3) is 4.86. The van der Waals surface area contributed by atoms with Crippen molar-refractivity contribution < 1.29 is 23.2 Å². The maximum absolute atomic E-state index is 14.0. The third-order valence-corrected chi connectivity index (χ3v) is 8.67. The van der Waals surface area contributed by atoms with Gasteiger partial charge in [-0.2, -0.15) is 10.2 Å². The number of hydrogen-bond acceptors (Lipinski definition) is 7. The fourth-order valence-electron chi connectivity index (χ4n) is 6.37. The second kappa shape index (κ2) is 11.1. The van der Waals surface area contributed by atoms with Crippen molar-refractivity contribution in [3.05, 3.63) is 106 Å². The highest BCUT2D eigenvalue weighted by atomic mass is 35.5. The van der Waals surface area contributed by atoms with Gasteiger partial charge in [0.15, 0.2) is 12.1 Å². The van der Waals surface area contributed by atoms with Gasteiger partial charge < -0.3 is 0 Å². The highest BCUT2D eigenvalue weighted by molar-refractivity contribution is 6.31. The third-order valence-electron chi connectivity index (χ3n) is 8.42. The lowest BCUT2D eigenvalue weighted by Crippen LogP contribution is -2.45. The summed E-state index contributed by atoms with van der Waals surface area (Å²) >= 11 is 5.98. The highest BCUT2D eigenvalue weighted by Gasteiger charge is 2.55. The second-order valence-electron chi connectivity index (χ2n) is 11.1. The van der Waals surface area contributed by atoms with E-state index in [1.165, 1.54) is 34.3 Å². The average Bonchev–Trinajstić information content (AvgIpc) is 3.69. The molecule has 1 saturated heterocycles. The number of fused-ring (bicyclic) bond motifs is 2. The number of hydrogen-bond donors (Lipinski definition) is 0. The molecule has 4 atom stereocenters. The van der Waals surface area contributed by atoms with Crippen molar-refractivity contribution in [2.45, 2.75) is 37.4 Å². The van der Waals surface area contributed by atoms with E-state index in [-0.39, 0.29) is 18.3 Å². The number of nitrogens with zero attached hydrogens (tertiary/aromatic N) is 6. The Labute approximate surface area is 256 Å². The van der Waals surface area contributed by atoms with Crippen LogP contribution in [-0.4, -0.2) is 52.1 Å². The van der Waals surface area contributed by atoms with Gasteiger partial charge in [-0.3, -0.25) is 19.4 Å². The van der Waals surface area contributed by atoms with Gasteiger partial charge in [0.2, 0.25) is 0 Å². The summed E-state index contributed by atoms with van der Waals surface area (Å²) in [4.78, 5) is 41.6. The van der Waals surface area contributed by atoms with Gasteiger partial charge in [-0.05, 0) is 90.6 Å². The van der Waals surface area contributed by atoms with Gasteiger partial charge in [0, 0.05) is 10.9 Å². The van der Waals surface area contributed by atoms with Crippen LogP contribution in [0.2, 0.25) is 5.02 Å². The van der Waals surface area contributed by atoms with E-state index >= 15 is 0 Å². The van der Waals surface area contributed by atoms with Crippen LogP contribution in [0.1, 0.15) is 36.4 Å². The Bertz CT molecular complexity index is 1740. The Kier molecular flexibility index (Phi) is 7.04. The van der Waals surface area contributed by atoms with Gasteiger partial charge in [0.25, 0.3) is 17.7 Å². The first-order valence-electron chi connectivity index (χ1n) is 14.2. The van der Waals surface area contributed by atoms with Crippen LogP contribution in [0.4, 0.5) is 14.5 Å². The number of anilines is 1. The molecule has 12 heteroatoms. The molecular formula is C32H25ClF2N6O3. The summed E-state index contributed by atoms with van der Waals surface area (Å²) in [7, 11) is 0. The minimum Gasteiger partial charge on any atom is -0.271 e. The van der Waals surface area contributed by atoms with Gasteiger partial charge in [-0.15, -0.1) is 0 Å². The van der Waals surface area contributed by atoms with E-state index in [4.69, 9.17) is 16.7 Å². The molecule has 4 aliphatic rings. The van der Waals surface area contributed by atoms with Gasteiger partial charge in [-0.25, -0.2) is 18.7 Å². The number of carbonyl (C=O) groups excluding carboxylic acids is 3. The molecule has 0 spiro atoms. The SMILES string of the molecule is O=C1[C@@H]2N=NN(CC(=O)N3N=C4/C(=C\c5ccc(F)cc5)CCC[C@@H]4[C@@H]3c3ccc(F)cc3)[C@H]2C(=O)N1c1ccc(Cl)cc1. The maximum atomic E-state index is 14.0. The largest absolute Gasteiger partial charge is 0.271 e.